The van der Waals surface area contributed by atoms with E-state index in [0.717, 1.165) is 22.3 Å². The molecule has 3 aromatic rings. The second-order valence-corrected chi connectivity index (χ2v) is 5.61. The van der Waals surface area contributed by atoms with Crippen molar-refractivity contribution in [2.24, 2.45) is 0 Å². The minimum absolute atomic E-state index is 0.101. The van der Waals surface area contributed by atoms with Gasteiger partial charge in [-0.3, -0.25) is 4.79 Å². The Morgan fingerprint density at radius 2 is 2.04 bits per heavy atom. The number of ether oxygens (including phenoxy) is 1. The van der Waals surface area contributed by atoms with Gasteiger partial charge in [-0.25, -0.2) is 0 Å². The average molecular weight is 329 g/mol. The molecule has 1 heterocycles. The van der Waals surface area contributed by atoms with E-state index in [1.165, 1.54) is 0 Å². The van der Waals surface area contributed by atoms with Crippen LogP contribution in [0, 0.1) is 0 Å². The van der Waals surface area contributed by atoms with Crippen LogP contribution in [0.25, 0.3) is 10.9 Å². The van der Waals surface area contributed by atoms with Crippen molar-refractivity contribution in [1.29, 1.82) is 0 Å². The number of nitrogens with one attached hydrogen (secondary N) is 2. The predicted molar refractivity (Wildman–Crippen MR) is 94.5 cm³/mol. The highest BCUT2D eigenvalue weighted by Crippen LogP contribution is 2.20. The lowest BCUT2D eigenvalue weighted by atomic mass is 10.1. The van der Waals surface area contributed by atoms with Crippen LogP contribution in [0.15, 0.2) is 53.3 Å². The van der Waals surface area contributed by atoms with Crippen molar-refractivity contribution in [2.45, 2.75) is 13.5 Å². The van der Waals surface area contributed by atoms with Crippen LogP contribution in [-0.2, 0) is 6.54 Å². The van der Waals surface area contributed by atoms with Gasteiger partial charge in [-0.1, -0.05) is 17.7 Å². The van der Waals surface area contributed by atoms with Crippen LogP contribution in [0.4, 0.5) is 5.69 Å². The Labute approximate surface area is 139 Å². The van der Waals surface area contributed by atoms with Crippen molar-refractivity contribution >= 4 is 28.2 Å². The number of hydrogen-bond donors (Lipinski definition) is 2. The van der Waals surface area contributed by atoms with E-state index in [9.17, 15) is 4.79 Å². The van der Waals surface area contributed by atoms with Crippen LogP contribution < -0.4 is 15.6 Å². The lowest BCUT2D eigenvalue weighted by Crippen LogP contribution is -2.15. The first kappa shape index (κ1) is 15.4. The fraction of sp³-hybridized carbons (Fsp3) is 0.167. The number of H-pyrrole nitrogens is 1. The Balaban J connectivity index is 1.87. The van der Waals surface area contributed by atoms with Crippen molar-refractivity contribution < 1.29 is 4.74 Å². The van der Waals surface area contributed by atoms with E-state index in [0.29, 0.717) is 23.7 Å². The fourth-order valence-corrected chi connectivity index (χ4v) is 2.60. The molecule has 0 aliphatic rings. The number of rotatable bonds is 5. The van der Waals surface area contributed by atoms with Crippen molar-refractivity contribution in [2.75, 3.05) is 11.9 Å². The number of aromatic nitrogens is 1. The van der Waals surface area contributed by atoms with Gasteiger partial charge in [0, 0.05) is 33.7 Å². The Hall–Kier alpha value is -2.46. The molecule has 0 fully saturated rings. The number of pyridine rings is 1. The van der Waals surface area contributed by atoms with Crippen molar-refractivity contribution in [1.82, 2.24) is 4.98 Å². The first-order chi connectivity index (χ1) is 11.2. The first-order valence-electron chi connectivity index (χ1n) is 7.44. The zero-order valence-corrected chi connectivity index (χ0v) is 13.5. The molecule has 4 nitrogen and oxygen atoms in total. The Bertz CT molecular complexity index is 890. The maximum absolute atomic E-state index is 12.2. The monoisotopic (exact) mass is 328 g/mol. The van der Waals surface area contributed by atoms with Gasteiger partial charge in [0.05, 0.1) is 6.61 Å². The molecule has 0 saturated heterocycles. The van der Waals surface area contributed by atoms with Gasteiger partial charge >= 0.3 is 0 Å². The molecule has 2 aromatic carbocycles. The SMILES string of the molecule is CCOc1ccc2[nH]c(=O)c(CNc3cccc(Cl)c3)cc2c1. The Morgan fingerprint density at radius 1 is 1.17 bits per heavy atom. The molecule has 0 unspecified atom stereocenters. The molecule has 0 bridgehead atoms. The zero-order chi connectivity index (χ0) is 16.2. The van der Waals surface area contributed by atoms with Crippen LogP contribution in [0.5, 0.6) is 5.75 Å². The summed E-state index contributed by atoms with van der Waals surface area (Å²) >= 11 is 5.96. The van der Waals surface area contributed by atoms with E-state index < -0.39 is 0 Å². The maximum atomic E-state index is 12.2. The summed E-state index contributed by atoms with van der Waals surface area (Å²) < 4.78 is 5.50. The van der Waals surface area contributed by atoms with Gasteiger partial charge < -0.3 is 15.0 Å². The van der Waals surface area contributed by atoms with Crippen molar-refractivity contribution in [3.8, 4) is 5.75 Å². The predicted octanol–water partition coefficient (Wildman–Crippen LogP) is 4.19. The van der Waals surface area contributed by atoms with Gasteiger partial charge in [0.25, 0.3) is 5.56 Å². The molecule has 0 spiro atoms. The number of aromatic amines is 1. The largest absolute Gasteiger partial charge is 0.494 e. The highest BCUT2D eigenvalue weighted by Gasteiger charge is 2.05. The first-order valence-corrected chi connectivity index (χ1v) is 7.81. The molecule has 0 aliphatic carbocycles. The van der Waals surface area contributed by atoms with Crippen LogP contribution >= 0.6 is 11.6 Å². The molecular weight excluding hydrogens is 312 g/mol. The summed E-state index contributed by atoms with van der Waals surface area (Å²) in [5.74, 6) is 0.792. The lowest BCUT2D eigenvalue weighted by molar-refractivity contribution is 0.340. The molecule has 23 heavy (non-hydrogen) atoms. The zero-order valence-electron chi connectivity index (χ0n) is 12.7. The maximum Gasteiger partial charge on any atom is 0.253 e. The summed E-state index contributed by atoms with van der Waals surface area (Å²) in [5.41, 5.74) is 2.23. The summed E-state index contributed by atoms with van der Waals surface area (Å²) in [7, 11) is 0. The van der Waals surface area contributed by atoms with Gasteiger partial charge in [-0.2, -0.15) is 0 Å². The molecule has 118 valence electrons. The number of hydrogen-bond acceptors (Lipinski definition) is 3. The minimum Gasteiger partial charge on any atom is -0.494 e. The highest BCUT2D eigenvalue weighted by molar-refractivity contribution is 6.30. The standard InChI is InChI=1S/C18H17ClN2O2/c1-2-23-16-6-7-17-12(9-16)8-13(18(22)21-17)11-20-15-5-3-4-14(19)10-15/h3-10,20H,2,11H2,1H3,(H,21,22). The van der Waals surface area contributed by atoms with Gasteiger partial charge in [0.2, 0.25) is 0 Å². The third-order valence-electron chi connectivity index (χ3n) is 3.51. The van der Waals surface area contributed by atoms with Gasteiger partial charge in [0.1, 0.15) is 5.75 Å². The van der Waals surface area contributed by atoms with Gasteiger partial charge in [-0.05, 0) is 49.4 Å². The molecule has 0 amide bonds. The smallest absolute Gasteiger partial charge is 0.253 e. The number of halogens is 1. The van der Waals surface area contributed by atoms with E-state index in [1.54, 1.807) is 0 Å². The topological polar surface area (TPSA) is 54.1 Å². The molecule has 0 aliphatic heterocycles. The third-order valence-corrected chi connectivity index (χ3v) is 3.75. The van der Waals surface area contributed by atoms with Crippen LogP contribution in [-0.4, -0.2) is 11.6 Å². The van der Waals surface area contributed by atoms with E-state index in [4.69, 9.17) is 16.3 Å². The van der Waals surface area contributed by atoms with Crippen molar-refractivity contribution in [3.63, 3.8) is 0 Å². The molecule has 3 rings (SSSR count). The second kappa shape index (κ2) is 6.75. The third kappa shape index (κ3) is 3.66. The lowest BCUT2D eigenvalue weighted by Gasteiger charge is -2.09. The summed E-state index contributed by atoms with van der Waals surface area (Å²) in [6, 6.07) is 14.9. The van der Waals surface area contributed by atoms with Crippen LogP contribution in [0.1, 0.15) is 12.5 Å². The molecular formula is C18H17ClN2O2. The van der Waals surface area contributed by atoms with E-state index in [-0.39, 0.29) is 5.56 Å². The molecule has 1 aromatic heterocycles. The summed E-state index contributed by atoms with van der Waals surface area (Å²) in [4.78, 5) is 15.1. The normalized spacial score (nSPS) is 10.7. The second-order valence-electron chi connectivity index (χ2n) is 5.17. The summed E-state index contributed by atoms with van der Waals surface area (Å²) in [5, 5.41) is 4.81. The molecule has 0 radical (unpaired) electrons. The molecule has 0 atom stereocenters. The Kier molecular flexibility index (Phi) is 4.53. The number of benzene rings is 2. The van der Waals surface area contributed by atoms with Crippen LogP contribution in [0.3, 0.4) is 0 Å². The quantitative estimate of drug-likeness (QED) is 0.738. The summed E-state index contributed by atoms with van der Waals surface area (Å²) in [6.07, 6.45) is 0. The minimum atomic E-state index is -0.101. The molecule has 0 saturated carbocycles. The van der Waals surface area contributed by atoms with Gasteiger partial charge in [-0.15, -0.1) is 0 Å². The van der Waals surface area contributed by atoms with E-state index in [1.807, 2.05) is 55.5 Å². The van der Waals surface area contributed by atoms with E-state index in [2.05, 4.69) is 10.3 Å². The molecule has 5 heteroatoms. The fourth-order valence-electron chi connectivity index (χ4n) is 2.41. The van der Waals surface area contributed by atoms with Crippen LogP contribution in [0.2, 0.25) is 5.02 Å². The summed E-state index contributed by atoms with van der Waals surface area (Å²) in [6.45, 7) is 2.97. The highest BCUT2D eigenvalue weighted by atomic mass is 35.5. The number of fused-ring (bicyclic) bond motifs is 1. The number of anilines is 1. The van der Waals surface area contributed by atoms with E-state index >= 15 is 0 Å². The average Bonchev–Trinajstić information content (AvgIpc) is 2.53. The van der Waals surface area contributed by atoms with Crippen molar-refractivity contribution in [3.05, 3.63) is 69.5 Å². The molecule has 2 N–H and O–H groups in total. The Morgan fingerprint density at radius 3 is 2.83 bits per heavy atom. The van der Waals surface area contributed by atoms with Gasteiger partial charge in [0.15, 0.2) is 0 Å².